The van der Waals surface area contributed by atoms with Gasteiger partial charge in [-0.15, -0.1) is 0 Å². The number of hydrogen-bond donors (Lipinski definition) is 1. The van der Waals surface area contributed by atoms with Crippen molar-refractivity contribution in [3.05, 3.63) is 35.4 Å². The summed E-state index contributed by atoms with van der Waals surface area (Å²) in [6, 6.07) is 8.56. The highest BCUT2D eigenvalue weighted by Crippen LogP contribution is 2.52. The first-order valence-corrected chi connectivity index (χ1v) is 4.63. The summed E-state index contributed by atoms with van der Waals surface area (Å²) < 4.78 is 0. The lowest BCUT2D eigenvalue weighted by Crippen LogP contribution is -2.14. The van der Waals surface area contributed by atoms with Gasteiger partial charge in [0.2, 0.25) is 0 Å². The van der Waals surface area contributed by atoms with E-state index in [-0.39, 0.29) is 6.10 Å². The Hall–Kier alpha value is -0.820. The number of rotatable bonds is 0. The first kappa shape index (κ1) is 6.67. The summed E-state index contributed by atoms with van der Waals surface area (Å²) in [5.41, 5.74) is 2.90. The third-order valence-corrected chi connectivity index (χ3v) is 3.36. The summed E-state index contributed by atoms with van der Waals surface area (Å²) in [7, 11) is 0. The van der Waals surface area contributed by atoms with Gasteiger partial charge in [0, 0.05) is 5.92 Å². The molecule has 1 N–H and O–H groups in total. The second-order valence-corrected chi connectivity index (χ2v) is 3.97. The second kappa shape index (κ2) is 2.11. The zero-order valence-electron chi connectivity index (χ0n) is 6.90. The molecule has 0 spiro atoms. The third kappa shape index (κ3) is 0.674. The molecule has 1 fully saturated rings. The van der Waals surface area contributed by atoms with E-state index < -0.39 is 0 Å². The van der Waals surface area contributed by atoms with Crippen LogP contribution in [-0.2, 0) is 0 Å². The van der Waals surface area contributed by atoms with Crippen molar-refractivity contribution in [2.45, 2.75) is 30.8 Å². The van der Waals surface area contributed by atoms with E-state index in [2.05, 4.69) is 24.3 Å². The molecule has 0 radical (unpaired) electrons. The lowest BCUT2D eigenvalue weighted by molar-refractivity contribution is 0.158. The predicted molar refractivity (Wildman–Crippen MR) is 47.2 cm³/mol. The highest BCUT2D eigenvalue weighted by atomic mass is 16.3. The average Bonchev–Trinajstić information content (AvgIpc) is 2.62. The standard InChI is InChI=1S/C11H12O/c12-11-6-7-5-10(11)9-4-2-1-3-8(7)9/h1-4,7,10-12H,5-6H2/t7-,10-,11+/m1/s1. The maximum atomic E-state index is 9.67. The van der Waals surface area contributed by atoms with Gasteiger partial charge in [0.1, 0.15) is 0 Å². The van der Waals surface area contributed by atoms with E-state index in [4.69, 9.17) is 0 Å². The van der Waals surface area contributed by atoms with Crippen LogP contribution < -0.4 is 0 Å². The van der Waals surface area contributed by atoms with Crippen molar-refractivity contribution in [2.75, 3.05) is 0 Å². The summed E-state index contributed by atoms with van der Waals surface area (Å²) in [6.07, 6.45) is 2.10. The minimum Gasteiger partial charge on any atom is -0.392 e. The zero-order valence-corrected chi connectivity index (χ0v) is 6.90. The van der Waals surface area contributed by atoms with Gasteiger partial charge < -0.3 is 5.11 Å². The molecule has 0 amide bonds. The quantitative estimate of drug-likeness (QED) is 0.615. The molecule has 3 rings (SSSR count). The number of hydrogen-bond acceptors (Lipinski definition) is 1. The Kier molecular flexibility index (Phi) is 1.17. The van der Waals surface area contributed by atoms with Gasteiger partial charge in [-0.1, -0.05) is 24.3 Å². The Bertz CT molecular complexity index is 319. The molecule has 0 aromatic heterocycles. The van der Waals surface area contributed by atoms with Crippen molar-refractivity contribution in [1.82, 2.24) is 0 Å². The van der Waals surface area contributed by atoms with Crippen LogP contribution in [0.2, 0.25) is 0 Å². The number of fused-ring (bicyclic) bond motifs is 5. The fraction of sp³-hybridized carbons (Fsp3) is 0.455. The van der Waals surface area contributed by atoms with Gasteiger partial charge in [-0.05, 0) is 29.9 Å². The van der Waals surface area contributed by atoms with Crippen LogP contribution in [-0.4, -0.2) is 11.2 Å². The highest BCUT2D eigenvalue weighted by molar-refractivity contribution is 5.42. The topological polar surface area (TPSA) is 20.2 Å². The molecule has 1 heteroatoms. The largest absolute Gasteiger partial charge is 0.392 e. The molecule has 1 aromatic rings. The molecule has 2 aliphatic rings. The van der Waals surface area contributed by atoms with Crippen molar-refractivity contribution in [3.63, 3.8) is 0 Å². The Morgan fingerprint density at radius 2 is 1.83 bits per heavy atom. The van der Waals surface area contributed by atoms with Crippen molar-refractivity contribution in [3.8, 4) is 0 Å². The minimum atomic E-state index is -0.0649. The SMILES string of the molecule is O[C@H]1C[C@H]2C[C@@H]1c1ccccc12. The second-order valence-electron chi connectivity index (χ2n) is 3.97. The van der Waals surface area contributed by atoms with Gasteiger partial charge >= 0.3 is 0 Å². The molecule has 2 bridgehead atoms. The molecular weight excluding hydrogens is 148 g/mol. The fourth-order valence-electron chi connectivity index (χ4n) is 2.82. The lowest BCUT2D eigenvalue weighted by atomic mass is 9.90. The van der Waals surface area contributed by atoms with E-state index in [0.29, 0.717) is 11.8 Å². The van der Waals surface area contributed by atoms with Crippen LogP contribution in [0.25, 0.3) is 0 Å². The molecule has 3 atom stereocenters. The molecular formula is C11H12O. The zero-order chi connectivity index (χ0) is 8.13. The molecule has 0 heterocycles. The van der Waals surface area contributed by atoms with E-state index in [1.807, 2.05) is 0 Å². The lowest BCUT2D eigenvalue weighted by Gasteiger charge is -2.19. The van der Waals surface area contributed by atoms with Crippen molar-refractivity contribution in [2.24, 2.45) is 0 Å². The molecule has 0 unspecified atom stereocenters. The van der Waals surface area contributed by atoms with E-state index in [9.17, 15) is 5.11 Å². The van der Waals surface area contributed by atoms with Crippen LogP contribution in [0.4, 0.5) is 0 Å². The number of aliphatic hydroxyl groups excluding tert-OH is 1. The minimum absolute atomic E-state index is 0.0649. The van der Waals surface area contributed by atoms with Gasteiger partial charge in [0.15, 0.2) is 0 Å². The third-order valence-electron chi connectivity index (χ3n) is 3.36. The molecule has 1 nitrogen and oxygen atoms in total. The van der Waals surface area contributed by atoms with Gasteiger partial charge in [-0.3, -0.25) is 0 Å². The Morgan fingerprint density at radius 1 is 1.08 bits per heavy atom. The average molecular weight is 160 g/mol. The van der Waals surface area contributed by atoms with E-state index in [0.717, 1.165) is 6.42 Å². The number of aliphatic hydroxyl groups is 1. The Labute approximate surface area is 72.0 Å². The van der Waals surface area contributed by atoms with Gasteiger partial charge in [0.05, 0.1) is 6.10 Å². The van der Waals surface area contributed by atoms with E-state index in [1.54, 1.807) is 0 Å². The normalized spacial score (nSPS) is 36.9. The van der Waals surface area contributed by atoms with Crippen LogP contribution in [0.1, 0.15) is 35.8 Å². The van der Waals surface area contributed by atoms with Crippen LogP contribution >= 0.6 is 0 Å². The predicted octanol–water partition coefficient (Wildman–Crippen LogP) is 2.02. The summed E-state index contributed by atoms with van der Waals surface area (Å²) in [6.45, 7) is 0. The van der Waals surface area contributed by atoms with Crippen LogP contribution in [0.3, 0.4) is 0 Å². The van der Waals surface area contributed by atoms with E-state index in [1.165, 1.54) is 17.5 Å². The van der Waals surface area contributed by atoms with Crippen LogP contribution in [0.5, 0.6) is 0 Å². The monoisotopic (exact) mass is 160 g/mol. The number of benzene rings is 1. The molecule has 12 heavy (non-hydrogen) atoms. The Morgan fingerprint density at radius 3 is 2.67 bits per heavy atom. The smallest absolute Gasteiger partial charge is 0.0614 e. The molecule has 2 aliphatic carbocycles. The summed E-state index contributed by atoms with van der Waals surface area (Å²) in [5.74, 6) is 1.10. The maximum Gasteiger partial charge on any atom is 0.0614 e. The van der Waals surface area contributed by atoms with Crippen molar-refractivity contribution in [1.29, 1.82) is 0 Å². The summed E-state index contributed by atoms with van der Waals surface area (Å²) in [5, 5.41) is 9.67. The molecule has 62 valence electrons. The molecule has 0 aliphatic heterocycles. The highest BCUT2D eigenvalue weighted by Gasteiger charge is 2.42. The Balaban J connectivity index is 2.17. The summed E-state index contributed by atoms with van der Waals surface area (Å²) >= 11 is 0. The molecule has 1 saturated carbocycles. The maximum absolute atomic E-state index is 9.67. The van der Waals surface area contributed by atoms with Crippen LogP contribution in [0, 0.1) is 0 Å². The summed E-state index contributed by atoms with van der Waals surface area (Å²) in [4.78, 5) is 0. The van der Waals surface area contributed by atoms with Gasteiger partial charge in [-0.25, -0.2) is 0 Å². The van der Waals surface area contributed by atoms with Crippen molar-refractivity contribution < 1.29 is 5.11 Å². The van der Waals surface area contributed by atoms with Crippen LogP contribution in [0.15, 0.2) is 24.3 Å². The molecule has 1 aromatic carbocycles. The fourth-order valence-corrected chi connectivity index (χ4v) is 2.82. The first-order valence-electron chi connectivity index (χ1n) is 4.63. The molecule has 0 saturated heterocycles. The van der Waals surface area contributed by atoms with E-state index >= 15 is 0 Å². The van der Waals surface area contributed by atoms with Crippen molar-refractivity contribution >= 4 is 0 Å². The first-order chi connectivity index (χ1) is 5.86. The van der Waals surface area contributed by atoms with Gasteiger partial charge in [0.25, 0.3) is 0 Å². The van der Waals surface area contributed by atoms with Gasteiger partial charge in [-0.2, -0.15) is 0 Å².